The highest BCUT2D eigenvalue weighted by molar-refractivity contribution is 5.11. The molecular formula is C9H14F2N2O. The molecule has 1 aliphatic carbocycles. The van der Waals surface area contributed by atoms with Crippen LogP contribution in [0.1, 0.15) is 19.3 Å². The van der Waals surface area contributed by atoms with Crippen molar-refractivity contribution in [3.8, 4) is 6.07 Å². The zero-order valence-corrected chi connectivity index (χ0v) is 8.09. The molecule has 1 fully saturated rings. The van der Waals surface area contributed by atoms with E-state index in [1.54, 1.807) is 7.05 Å². The van der Waals surface area contributed by atoms with Crippen molar-refractivity contribution >= 4 is 0 Å². The van der Waals surface area contributed by atoms with Crippen molar-refractivity contribution in [1.82, 2.24) is 5.32 Å². The van der Waals surface area contributed by atoms with Crippen LogP contribution in [0, 0.1) is 11.3 Å². The Hall–Kier alpha value is -0.730. The second-order valence-electron chi connectivity index (χ2n) is 3.53. The van der Waals surface area contributed by atoms with Crippen molar-refractivity contribution in [3.63, 3.8) is 0 Å². The first-order valence-corrected chi connectivity index (χ1v) is 4.62. The molecule has 14 heavy (non-hydrogen) atoms. The molecule has 0 heterocycles. The summed E-state index contributed by atoms with van der Waals surface area (Å²) < 4.78 is 28.7. The van der Waals surface area contributed by atoms with Crippen molar-refractivity contribution in [2.75, 3.05) is 13.7 Å². The van der Waals surface area contributed by atoms with Gasteiger partial charge in [0.25, 0.3) is 6.43 Å². The lowest BCUT2D eigenvalue weighted by Gasteiger charge is -2.19. The Morgan fingerprint density at radius 2 is 2.43 bits per heavy atom. The molecular weight excluding hydrogens is 190 g/mol. The van der Waals surface area contributed by atoms with Crippen LogP contribution in [0.3, 0.4) is 0 Å². The van der Waals surface area contributed by atoms with Gasteiger partial charge in [-0.2, -0.15) is 5.26 Å². The molecule has 0 radical (unpaired) electrons. The summed E-state index contributed by atoms with van der Waals surface area (Å²) in [6.07, 6.45) is -0.820. The van der Waals surface area contributed by atoms with Gasteiger partial charge in [0, 0.05) is 6.42 Å². The van der Waals surface area contributed by atoms with E-state index >= 15 is 0 Å². The summed E-state index contributed by atoms with van der Waals surface area (Å²) in [5.74, 6) is 0. The lowest BCUT2D eigenvalue weighted by Crippen LogP contribution is -2.39. The first-order valence-electron chi connectivity index (χ1n) is 4.62. The molecule has 1 saturated carbocycles. The molecule has 1 aliphatic rings. The van der Waals surface area contributed by atoms with Crippen LogP contribution >= 0.6 is 0 Å². The van der Waals surface area contributed by atoms with Crippen molar-refractivity contribution in [2.45, 2.75) is 37.3 Å². The quantitative estimate of drug-likeness (QED) is 0.750. The average Bonchev–Trinajstić information content (AvgIpc) is 2.59. The van der Waals surface area contributed by atoms with Gasteiger partial charge in [-0.15, -0.1) is 0 Å². The molecule has 0 spiro atoms. The van der Waals surface area contributed by atoms with Crippen molar-refractivity contribution < 1.29 is 13.5 Å². The minimum atomic E-state index is -2.43. The Kier molecular flexibility index (Phi) is 3.78. The van der Waals surface area contributed by atoms with Crippen molar-refractivity contribution in [1.29, 1.82) is 5.26 Å². The summed E-state index contributed by atoms with van der Waals surface area (Å²) in [7, 11) is 1.71. The number of hydrogen-bond acceptors (Lipinski definition) is 3. The largest absolute Gasteiger partial charge is 0.372 e. The Labute approximate surface area is 82.0 Å². The van der Waals surface area contributed by atoms with Crippen LogP contribution in [0.5, 0.6) is 0 Å². The van der Waals surface area contributed by atoms with E-state index in [4.69, 9.17) is 10.00 Å². The second-order valence-corrected chi connectivity index (χ2v) is 3.53. The van der Waals surface area contributed by atoms with Gasteiger partial charge in [0.1, 0.15) is 12.1 Å². The van der Waals surface area contributed by atoms with E-state index in [0.717, 1.165) is 0 Å². The smallest absolute Gasteiger partial charge is 0.261 e. The summed E-state index contributed by atoms with van der Waals surface area (Å²) in [5.41, 5.74) is -0.577. The molecule has 2 unspecified atom stereocenters. The average molecular weight is 204 g/mol. The number of nitriles is 1. The molecule has 0 bridgehead atoms. The number of halogens is 2. The van der Waals surface area contributed by atoms with Crippen LogP contribution in [0.25, 0.3) is 0 Å². The van der Waals surface area contributed by atoms with Crippen molar-refractivity contribution in [2.24, 2.45) is 0 Å². The van der Waals surface area contributed by atoms with Gasteiger partial charge in [-0.25, -0.2) is 8.78 Å². The molecule has 3 nitrogen and oxygen atoms in total. The number of hydrogen-bond donors (Lipinski definition) is 1. The number of alkyl halides is 2. The SMILES string of the molecule is CNC1(C#N)CCC(OCC(F)F)C1. The third-order valence-electron chi connectivity index (χ3n) is 2.62. The predicted molar refractivity (Wildman–Crippen MR) is 47.0 cm³/mol. The molecule has 0 amide bonds. The highest BCUT2D eigenvalue weighted by Crippen LogP contribution is 2.31. The molecule has 1 N–H and O–H groups in total. The highest BCUT2D eigenvalue weighted by Gasteiger charge is 2.38. The molecule has 0 aromatic heterocycles. The van der Waals surface area contributed by atoms with Gasteiger partial charge in [0.2, 0.25) is 0 Å². The fourth-order valence-corrected chi connectivity index (χ4v) is 1.74. The molecule has 80 valence electrons. The molecule has 0 saturated heterocycles. The minimum absolute atomic E-state index is 0.212. The molecule has 2 atom stereocenters. The maximum atomic E-state index is 11.8. The Morgan fingerprint density at radius 1 is 1.71 bits per heavy atom. The zero-order chi connectivity index (χ0) is 10.6. The predicted octanol–water partition coefficient (Wildman–Crippen LogP) is 1.30. The van der Waals surface area contributed by atoms with Gasteiger partial charge < -0.3 is 10.1 Å². The van der Waals surface area contributed by atoms with Crippen LogP contribution in [-0.2, 0) is 4.74 Å². The summed E-state index contributed by atoms with van der Waals surface area (Å²) in [6, 6.07) is 2.17. The summed E-state index contributed by atoms with van der Waals surface area (Å²) in [6.45, 7) is -0.532. The minimum Gasteiger partial charge on any atom is -0.372 e. The highest BCUT2D eigenvalue weighted by atomic mass is 19.3. The molecule has 0 aromatic rings. The van der Waals surface area contributed by atoms with Crippen molar-refractivity contribution in [3.05, 3.63) is 0 Å². The Morgan fingerprint density at radius 3 is 2.86 bits per heavy atom. The van der Waals surface area contributed by atoms with Crippen LogP contribution in [0.4, 0.5) is 8.78 Å². The molecule has 1 rings (SSSR count). The van der Waals surface area contributed by atoms with E-state index in [1.165, 1.54) is 0 Å². The van der Waals surface area contributed by atoms with Crippen LogP contribution < -0.4 is 5.32 Å². The van der Waals surface area contributed by atoms with E-state index < -0.39 is 18.6 Å². The van der Waals surface area contributed by atoms with E-state index in [1.807, 2.05) is 0 Å². The number of nitrogens with one attached hydrogen (secondary N) is 1. The van der Waals surface area contributed by atoms with Gasteiger partial charge in [0.05, 0.1) is 12.2 Å². The fourth-order valence-electron chi connectivity index (χ4n) is 1.74. The standard InChI is InChI=1S/C9H14F2N2O/c1-13-9(6-12)3-2-7(4-9)14-5-8(10)11/h7-8,13H,2-5H2,1H3. The van der Waals surface area contributed by atoms with E-state index in [9.17, 15) is 8.78 Å². The molecule has 0 aliphatic heterocycles. The topological polar surface area (TPSA) is 45.0 Å². The van der Waals surface area contributed by atoms with E-state index in [2.05, 4.69) is 11.4 Å². The van der Waals surface area contributed by atoms with E-state index in [-0.39, 0.29) is 6.10 Å². The maximum Gasteiger partial charge on any atom is 0.261 e. The van der Waals surface area contributed by atoms with Crippen LogP contribution in [0.2, 0.25) is 0 Å². The van der Waals surface area contributed by atoms with Gasteiger partial charge in [-0.05, 0) is 19.9 Å². The Bertz CT molecular complexity index is 229. The summed E-state index contributed by atoms with van der Waals surface area (Å²) in [4.78, 5) is 0. The van der Waals surface area contributed by atoms with Gasteiger partial charge in [-0.1, -0.05) is 0 Å². The monoisotopic (exact) mass is 204 g/mol. The number of rotatable bonds is 4. The summed E-state index contributed by atoms with van der Waals surface area (Å²) in [5, 5.41) is 11.8. The third kappa shape index (κ3) is 2.63. The van der Waals surface area contributed by atoms with Crippen LogP contribution in [-0.4, -0.2) is 31.7 Å². The molecule has 0 aromatic carbocycles. The fraction of sp³-hybridized carbons (Fsp3) is 0.889. The Balaban J connectivity index is 2.37. The third-order valence-corrected chi connectivity index (χ3v) is 2.62. The number of ether oxygens (including phenoxy) is 1. The molecule has 5 heteroatoms. The van der Waals surface area contributed by atoms with Gasteiger partial charge >= 0.3 is 0 Å². The van der Waals surface area contributed by atoms with Gasteiger partial charge in [-0.3, -0.25) is 0 Å². The first kappa shape index (κ1) is 11.3. The second kappa shape index (κ2) is 4.67. The van der Waals surface area contributed by atoms with Gasteiger partial charge in [0.15, 0.2) is 0 Å². The lowest BCUT2D eigenvalue weighted by atomic mass is 10.0. The maximum absolute atomic E-state index is 11.8. The van der Waals surface area contributed by atoms with Crippen LogP contribution in [0.15, 0.2) is 0 Å². The first-order chi connectivity index (χ1) is 6.62. The number of nitrogens with zero attached hydrogens (tertiary/aromatic N) is 1. The lowest BCUT2D eigenvalue weighted by molar-refractivity contribution is -0.0226. The van der Waals surface area contributed by atoms with E-state index in [0.29, 0.717) is 19.3 Å². The summed E-state index contributed by atoms with van der Waals surface area (Å²) >= 11 is 0. The normalized spacial score (nSPS) is 32.1. The zero-order valence-electron chi connectivity index (χ0n) is 8.09.